The first-order valence-electron chi connectivity index (χ1n) is 9.43. The summed E-state index contributed by atoms with van der Waals surface area (Å²) in [5.74, 6) is -1.57. The van der Waals surface area contributed by atoms with E-state index in [9.17, 15) is 19.2 Å². The largest absolute Gasteiger partial charge is 0.455 e. The Labute approximate surface area is 168 Å². The van der Waals surface area contributed by atoms with Crippen LogP contribution in [0.15, 0.2) is 39.9 Å². The van der Waals surface area contributed by atoms with Crippen LogP contribution >= 0.6 is 0 Å². The number of aromatic amines is 1. The molecule has 0 saturated heterocycles. The minimum absolute atomic E-state index is 0.108. The number of nitrogens with two attached hydrogens (primary N) is 1. The summed E-state index contributed by atoms with van der Waals surface area (Å²) in [6.45, 7) is 4.91. The first-order chi connectivity index (χ1) is 13.8. The molecule has 156 valence electrons. The predicted molar refractivity (Wildman–Crippen MR) is 110 cm³/mol. The number of anilines is 2. The van der Waals surface area contributed by atoms with Crippen molar-refractivity contribution in [3.05, 3.63) is 56.7 Å². The quantitative estimate of drug-likeness (QED) is 0.637. The molecule has 0 saturated carbocycles. The third kappa shape index (κ3) is 5.13. The summed E-state index contributed by atoms with van der Waals surface area (Å²) >= 11 is 0. The molecule has 2 aromatic rings. The lowest BCUT2D eigenvalue weighted by Crippen LogP contribution is -2.42. The predicted octanol–water partition coefficient (Wildman–Crippen LogP) is 1.11. The van der Waals surface area contributed by atoms with E-state index in [-0.39, 0.29) is 30.5 Å². The number of amides is 1. The lowest BCUT2D eigenvalue weighted by molar-refractivity contribution is -0.151. The molecule has 1 heterocycles. The number of likely N-dealkylation sites (N-methyl/N-ethyl adjacent to an activating group) is 1. The molecule has 1 atom stereocenters. The van der Waals surface area contributed by atoms with Gasteiger partial charge < -0.3 is 15.4 Å². The monoisotopic (exact) mass is 402 g/mol. The molecule has 3 N–H and O–H groups in total. The van der Waals surface area contributed by atoms with E-state index < -0.39 is 29.7 Å². The lowest BCUT2D eigenvalue weighted by atomic mass is 10.1. The number of rotatable bonds is 8. The van der Waals surface area contributed by atoms with Gasteiger partial charge >= 0.3 is 11.7 Å². The maximum atomic E-state index is 12.6. The number of esters is 1. The average Bonchev–Trinajstić information content (AvgIpc) is 2.72. The summed E-state index contributed by atoms with van der Waals surface area (Å²) in [5, 5.41) is 0. The van der Waals surface area contributed by atoms with Crippen molar-refractivity contribution in [1.82, 2.24) is 9.55 Å². The summed E-state index contributed by atoms with van der Waals surface area (Å²) in [5.41, 5.74) is 5.32. The molecule has 1 unspecified atom stereocenters. The molecule has 0 fully saturated rings. The van der Waals surface area contributed by atoms with Crippen molar-refractivity contribution in [2.45, 2.75) is 33.7 Å². The molecule has 0 radical (unpaired) electrons. The molecule has 0 bridgehead atoms. The molecule has 1 amide bonds. The highest BCUT2D eigenvalue weighted by Gasteiger charge is 2.24. The van der Waals surface area contributed by atoms with Gasteiger partial charge in [0.1, 0.15) is 5.82 Å². The zero-order valence-electron chi connectivity index (χ0n) is 16.8. The van der Waals surface area contributed by atoms with Gasteiger partial charge in [-0.25, -0.2) is 4.79 Å². The second-order valence-corrected chi connectivity index (χ2v) is 6.62. The van der Waals surface area contributed by atoms with Gasteiger partial charge in [-0.3, -0.25) is 23.9 Å². The SMILES string of the molecule is CCC(C)C(=O)OCC(=O)N(CC)c1c(N)n(Cc2ccccc2)c(=O)[nH]c1=O. The standard InChI is InChI=1S/C20H26N4O5/c1-4-13(3)19(27)29-12-15(25)23(5-2)16-17(21)24(20(28)22-18(16)26)11-14-9-7-6-8-10-14/h6-10,13H,4-5,11-12,21H2,1-3H3,(H,22,26,28). The third-order valence-electron chi connectivity index (χ3n) is 4.64. The topological polar surface area (TPSA) is 127 Å². The number of hydrogen-bond donors (Lipinski definition) is 2. The lowest BCUT2D eigenvalue weighted by Gasteiger charge is -2.23. The number of carbonyl (C=O) groups is 2. The van der Waals surface area contributed by atoms with Crippen molar-refractivity contribution < 1.29 is 14.3 Å². The first-order valence-corrected chi connectivity index (χ1v) is 9.43. The summed E-state index contributed by atoms with van der Waals surface area (Å²) < 4.78 is 6.23. The van der Waals surface area contributed by atoms with Crippen molar-refractivity contribution in [3.8, 4) is 0 Å². The first kappa shape index (κ1) is 21.9. The van der Waals surface area contributed by atoms with E-state index in [2.05, 4.69) is 4.98 Å². The van der Waals surface area contributed by atoms with Crippen molar-refractivity contribution in [3.63, 3.8) is 0 Å². The van der Waals surface area contributed by atoms with Crippen LogP contribution in [0.1, 0.15) is 32.8 Å². The number of aromatic nitrogens is 2. The smallest absolute Gasteiger partial charge is 0.330 e. The van der Waals surface area contributed by atoms with Gasteiger partial charge in [-0.1, -0.05) is 44.2 Å². The average molecular weight is 402 g/mol. The minimum atomic E-state index is -0.778. The highest BCUT2D eigenvalue weighted by atomic mass is 16.5. The summed E-state index contributed by atoms with van der Waals surface area (Å²) in [6.07, 6.45) is 0.585. The number of nitrogens with zero attached hydrogens (tertiary/aromatic N) is 2. The zero-order chi connectivity index (χ0) is 21.6. The van der Waals surface area contributed by atoms with Crippen LogP contribution in [0.3, 0.4) is 0 Å². The summed E-state index contributed by atoms with van der Waals surface area (Å²) in [4.78, 5) is 52.4. The second kappa shape index (κ2) is 9.72. The Bertz CT molecular complexity index is 981. The number of nitrogen functional groups attached to an aromatic ring is 1. The van der Waals surface area contributed by atoms with Crippen molar-refractivity contribution in [2.75, 3.05) is 23.8 Å². The van der Waals surface area contributed by atoms with E-state index in [1.807, 2.05) is 37.3 Å². The van der Waals surface area contributed by atoms with Crippen LogP contribution in [0.25, 0.3) is 0 Å². The van der Waals surface area contributed by atoms with Gasteiger partial charge in [0, 0.05) is 6.54 Å². The number of carbonyl (C=O) groups excluding carboxylic acids is 2. The van der Waals surface area contributed by atoms with Crippen molar-refractivity contribution >= 4 is 23.4 Å². The number of nitrogens with one attached hydrogen (secondary N) is 1. The number of ether oxygens (including phenoxy) is 1. The highest BCUT2D eigenvalue weighted by molar-refractivity contribution is 5.97. The molecule has 29 heavy (non-hydrogen) atoms. The van der Waals surface area contributed by atoms with Crippen molar-refractivity contribution in [1.29, 1.82) is 0 Å². The fourth-order valence-electron chi connectivity index (χ4n) is 2.74. The number of H-pyrrole nitrogens is 1. The molecular weight excluding hydrogens is 376 g/mol. The summed E-state index contributed by atoms with van der Waals surface area (Å²) in [7, 11) is 0. The van der Waals surface area contributed by atoms with Gasteiger partial charge in [-0.15, -0.1) is 0 Å². The molecule has 0 aliphatic carbocycles. The van der Waals surface area contributed by atoms with E-state index in [1.54, 1.807) is 13.8 Å². The van der Waals surface area contributed by atoms with Crippen LogP contribution in [0.5, 0.6) is 0 Å². The van der Waals surface area contributed by atoms with E-state index in [1.165, 1.54) is 4.57 Å². The number of hydrogen-bond acceptors (Lipinski definition) is 6. The number of benzene rings is 1. The third-order valence-corrected chi connectivity index (χ3v) is 4.64. The normalized spacial score (nSPS) is 11.7. The molecule has 0 spiro atoms. The molecule has 2 rings (SSSR count). The molecule has 9 nitrogen and oxygen atoms in total. The Morgan fingerprint density at radius 2 is 1.86 bits per heavy atom. The van der Waals surface area contributed by atoms with E-state index in [0.29, 0.717) is 6.42 Å². The molecule has 0 aliphatic rings. The van der Waals surface area contributed by atoms with Gasteiger partial charge in [0.15, 0.2) is 12.3 Å². The van der Waals surface area contributed by atoms with E-state index >= 15 is 0 Å². The molecule has 1 aromatic carbocycles. The zero-order valence-corrected chi connectivity index (χ0v) is 16.8. The summed E-state index contributed by atoms with van der Waals surface area (Å²) in [6, 6.07) is 9.10. The molecule has 0 aliphatic heterocycles. The van der Waals surface area contributed by atoms with Gasteiger partial charge in [0.05, 0.1) is 12.5 Å². The fourth-order valence-corrected chi connectivity index (χ4v) is 2.74. The van der Waals surface area contributed by atoms with Gasteiger partial charge in [0.25, 0.3) is 11.5 Å². The van der Waals surface area contributed by atoms with Crippen LogP contribution in [0.4, 0.5) is 11.5 Å². The maximum absolute atomic E-state index is 12.6. The van der Waals surface area contributed by atoms with Crippen LogP contribution in [0, 0.1) is 5.92 Å². The van der Waals surface area contributed by atoms with Gasteiger partial charge in [-0.2, -0.15) is 0 Å². The second-order valence-electron chi connectivity index (χ2n) is 6.62. The molecule has 1 aromatic heterocycles. The molecule has 9 heteroatoms. The van der Waals surface area contributed by atoms with E-state index in [0.717, 1.165) is 10.5 Å². The van der Waals surface area contributed by atoms with Crippen LogP contribution in [0.2, 0.25) is 0 Å². The molecular formula is C20H26N4O5. The minimum Gasteiger partial charge on any atom is -0.455 e. The Balaban J connectivity index is 2.34. The van der Waals surface area contributed by atoms with Crippen LogP contribution in [-0.4, -0.2) is 34.6 Å². The van der Waals surface area contributed by atoms with Gasteiger partial charge in [-0.05, 0) is 18.9 Å². The van der Waals surface area contributed by atoms with Crippen LogP contribution in [-0.2, 0) is 20.9 Å². The van der Waals surface area contributed by atoms with E-state index in [4.69, 9.17) is 10.5 Å². The Kier molecular flexibility index (Phi) is 7.35. The van der Waals surface area contributed by atoms with Crippen LogP contribution < -0.4 is 21.9 Å². The Hall–Kier alpha value is -3.36. The maximum Gasteiger partial charge on any atom is 0.330 e. The van der Waals surface area contributed by atoms with Crippen molar-refractivity contribution in [2.24, 2.45) is 5.92 Å². The van der Waals surface area contributed by atoms with Gasteiger partial charge in [0.2, 0.25) is 0 Å². The fraction of sp³-hybridized carbons (Fsp3) is 0.400. The Morgan fingerprint density at radius 3 is 2.45 bits per heavy atom. The highest BCUT2D eigenvalue weighted by Crippen LogP contribution is 2.18. The Morgan fingerprint density at radius 1 is 1.21 bits per heavy atom.